The minimum Gasteiger partial charge on any atom is -0.478 e. The number of carboxylic acids is 1. The Kier molecular flexibility index (Phi) is 3.56. The minimum atomic E-state index is -0.970. The molecule has 0 aliphatic heterocycles. The average Bonchev–Trinajstić information content (AvgIpc) is 2.75. The molecular weight excluding hydrogens is 258 g/mol. The van der Waals surface area contributed by atoms with Crippen molar-refractivity contribution >= 4 is 35.0 Å². The first-order valence-corrected chi connectivity index (χ1v) is 5.97. The minimum absolute atomic E-state index is 0.653. The summed E-state index contributed by atoms with van der Waals surface area (Å²) in [6.07, 6.45) is 4.25. The Labute approximate surface area is 107 Å². The van der Waals surface area contributed by atoms with E-state index in [-0.39, 0.29) is 0 Å². The van der Waals surface area contributed by atoms with Crippen molar-refractivity contribution in [2.24, 2.45) is 0 Å². The number of aliphatic carboxylic acids is 1. The lowest BCUT2D eigenvalue weighted by Gasteiger charge is -1.95. The van der Waals surface area contributed by atoms with E-state index in [1.54, 1.807) is 12.3 Å². The number of aromatic nitrogens is 1. The Morgan fingerprint density at radius 3 is 3.00 bits per heavy atom. The van der Waals surface area contributed by atoms with Gasteiger partial charge < -0.3 is 5.11 Å². The van der Waals surface area contributed by atoms with Crippen LogP contribution in [0.5, 0.6) is 0 Å². The Balaban J connectivity index is 2.27. The highest BCUT2D eigenvalue weighted by atomic mass is 35.5. The van der Waals surface area contributed by atoms with Gasteiger partial charge in [-0.15, -0.1) is 11.3 Å². The molecule has 3 nitrogen and oxygen atoms in total. The van der Waals surface area contributed by atoms with E-state index in [1.807, 2.05) is 18.2 Å². The molecule has 0 unspecified atom stereocenters. The number of thiazole rings is 1. The lowest BCUT2D eigenvalue weighted by Crippen LogP contribution is -1.84. The van der Waals surface area contributed by atoms with Crippen molar-refractivity contribution in [1.29, 1.82) is 0 Å². The lowest BCUT2D eigenvalue weighted by molar-refractivity contribution is -0.131. The average molecular weight is 266 g/mol. The zero-order valence-corrected chi connectivity index (χ0v) is 10.2. The molecule has 0 saturated carbocycles. The Hall–Kier alpha value is -1.65. The number of hydrogen-bond donors (Lipinski definition) is 1. The maximum atomic E-state index is 10.4. The van der Waals surface area contributed by atoms with Gasteiger partial charge in [-0.25, -0.2) is 9.78 Å². The van der Waals surface area contributed by atoms with Crippen molar-refractivity contribution in [1.82, 2.24) is 4.98 Å². The molecule has 0 aliphatic carbocycles. The van der Waals surface area contributed by atoms with Gasteiger partial charge >= 0.3 is 5.97 Å². The highest BCUT2D eigenvalue weighted by Gasteiger charge is 2.03. The van der Waals surface area contributed by atoms with Crippen molar-refractivity contribution in [3.8, 4) is 10.6 Å². The van der Waals surface area contributed by atoms with E-state index in [0.717, 1.165) is 21.5 Å². The van der Waals surface area contributed by atoms with Crippen LogP contribution in [0.15, 0.2) is 36.5 Å². The molecule has 1 aromatic heterocycles. The van der Waals surface area contributed by atoms with E-state index in [4.69, 9.17) is 16.7 Å². The Morgan fingerprint density at radius 2 is 2.29 bits per heavy atom. The lowest BCUT2D eigenvalue weighted by atomic mass is 10.2. The summed E-state index contributed by atoms with van der Waals surface area (Å²) in [6, 6.07) is 7.39. The van der Waals surface area contributed by atoms with Crippen LogP contribution in [0, 0.1) is 0 Å². The molecular formula is C12H8ClNO2S. The number of halogens is 1. The van der Waals surface area contributed by atoms with Crippen molar-refractivity contribution in [2.45, 2.75) is 0 Å². The third kappa shape index (κ3) is 3.15. The van der Waals surface area contributed by atoms with Gasteiger partial charge in [-0.1, -0.05) is 23.7 Å². The molecule has 0 aliphatic rings. The van der Waals surface area contributed by atoms with Crippen LogP contribution in [0.1, 0.15) is 4.88 Å². The van der Waals surface area contributed by atoms with E-state index in [0.29, 0.717) is 5.02 Å². The van der Waals surface area contributed by atoms with Gasteiger partial charge in [-0.3, -0.25) is 0 Å². The summed E-state index contributed by atoms with van der Waals surface area (Å²) in [5, 5.41) is 9.99. The van der Waals surface area contributed by atoms with Crippen LogP contribution in [-0.2, 0) is 4.79 Å². The number of rotatable bonds is 3. The van der Waals surface area contributed by atoms with Crippen molar-refractivity contribution in [3.63, 3.8) is 0 Å². The van der Waals surface area contributed by atoms with E-state index in [2.05, 4.69) is 4.98 Å². The van der Waals surface area contributed by atoms with Crippen LogP contribution in [0.4, 0.5) is 0 Å². The van der Waals surface area contributed by atoms with Gasteiger partial charge in [0.25, 0.3) is 0 Å². The highest BCUT2D eigenvalue weighted by Crippen LogP contribution is 2.27. The second kappa shape index (κ2) is 5.12. The number of benzene rings is 1. The van der Waals surface area contributed by atoms with Gasteiger partial charge in [0.1, 0.15) is 5.01 Å². The fourth-order valence-corrected chi connectivity index (χ4v) is 2.28. The molecule has 5 heteroatoms. The predicted molar refractivity (Wildman–Crippen MR) is 69.2 cm³/mol. The number of nitrogens with zero attached hydrogens (tertiary/aromatic N) is 1. The topological polar surface area (TPSA) is 50.2 Å². The molecule has 17 heavy (non-hydrogen) atoms. The molecule has 0 radical (unpaired) electrons. The van der Waals surface area contributed by atoms with Crippen LogP contribution in [-0.4, -0.2) is 16.1 Å². The second-order valence-corrected chi connectivity index (χ2v) is 4.75. The summed E-state index contributed by atoms with van der Waals surface area (Å²) >= 11 is 7.31. The third-order valence-corrected chi connectivity index (χ3v) is 3.23. The standard InChI is InChI=1S/C12H8ClNO2S/c13-9-3-1-2-8(6-9)12-14-7-10(17-12)4-5-11(15)16/h1-7H,(H,15,16)/b5-4+. The molecule has 0 atom stereocenters. The smallest absolute Gasteiger partial charge is 0.328 e. The van der Waals surface area contributed by atoms with Gasteiger partial charge in [0.15, 0.2) is 0 Å². The molecule has 2 rings (SSSR count). The van der Waals surface area contributed by atoms with Crippen LogP contribution in [0.2, 0.25) is 5.02 Å². The summed E-state index contributed by atoms with van der Waals surface area (Å²) in [6.45, 7) is 0. The van der Waals surface area contributed by atoms with Crippen molar-refractivity contribution in [3.05, 3.63) is 46.4 Å². The van der Waals surface area contributed by atoms with Crippen LogP contribution >= 0.6 is 22.9 Å². The quantitative estimate of drug-likeness (QED) is 0.864. The van der Waals surface area contributed by atoms with E-state index in [9.17, 15) is 4.79 Å². The van der Waals surface area contributed by atoms with Gasteiger partial charge in [-0.2, -0.15) is 0 Å². The normalized spacial score (nSPS) is 10.9. The molecule has 0 amide bonds. The SMILES string of the molecule is O=C(O)/C=C/c1cnc(-c2cccc(Cl)c2)s1. The van der Waals surface area contributed by atoms with Crippen molar-refractivity contribution in [2.75, 3.05) is 0 Å². The molecule has 0 spiro atoms. The maximum absolute atomic E-state index is 10.4. The second-order valence-electron chi connectivity index (χ2n) is 3.25. The van der Waals surface area contributed by atoms with Gasteiger partial charge in [-0.05, 0) is 18.2 Å². The summed E-state index contributed by atoms with van der Waals surface area (Å²) < 4.78 is 0. The van der Waals surface area contributed by atoms with Crippen LogP contribution in [0.3, 0.4) is 0 Å². The first-order chi connectivity index (χ1) is 8.15. The fraction of sp³-hybridized carbons (Fsp3) is 0. The molecule has 86 valence electrons. The van der Waals surface area contributed by atoms with E-state index < -0.39 is 5.97 Å². The summed E-state index contributed by atoms with van der Waals surface area (Å²) in [4.78, 5) is 15.4. The zero-order chi connectivity index (χ0) is 12.3. The van der Waals surface area contributed by atoms with Crippen LogP contribution < -0.4 is 0 Å². The van der Waals surface area contributed by atoms with E-state index in [1.165, 1.54) is 17.4 Å². The number of hydrogen-bond acceptors (Lipinski definition) is 3. The molecule has 1 N–H and O–H groups in total. The van der Waals surface area contributed by atoms with E-state index >= 15 is 0 Å². The predicted octanol–water partition coefficient (Wildman–Crippen LogP) is 3.56. The Morgan fingerprint density at radius 1 is 1.47 bits per heavy atom. The van der Waals surface area contributed by atoms with Gasteiger partial charge in [0, 0.05) is 27.7 Å². The van der Waals surface area contributed by atoms with Gasteiger partial charge in [0.05, 0.1) is 0 Å². The summed E-state index contributed by atoms with van der Waals surface area (Å²) in [5.41, 5.74) is 0.928. The fourth-order valence-electron chi connectivity index (χ4n) is 1.27. The summed E-state index contributed by atoms with van der Waals surface area (Å²) in [7, 11) is 0. The van der Waals surface area contributed by atoms with Crippen molar-refractivity contribution < 1.29 is 9.90 Å². The maximum Gasteiger partial charge on any atom is 0.328 e. The first kappa shape index (κ1) is 11.8. The first-order valence-electron chi connectivity index (χ1n) is 4.78. The summed E-state index contributed by atoms with van der Waals surface area (Å²) in [5.74, 6) is -0.970. The molecule has 1 heterocycles. The largest absolute Gasteiger partial charge is 0.478 e. The molecule has 0 fully saturated rings. The van der Waals surface area contributed by atoms with Gasteiger partial charge in [0.2, 0.25) is 0 Å². The third-order valence-electron chi connectivity index (χ3n) is 1.99. The monoisotopic (exact) mass is 265 g/mol. The molecule has 0 saturated heterocycles. The number of carboxylic acid groups (broad SMARTS) is 1. The highest BCUT2D eigenvalue weighted by molar-refractivity contribution is 7.15. The molecule has 0 bridgehead atoms. The molecule has 2 aromatic rings. The Bertz CT molecular complexity index is 577. The zero-order valence-electron chi connectivity index (χ0n) is 8.63. The molecule has 1 aromatic carbocycles. The van der Waals surface area contributed by atoms with Crippen LogP contribution in [0.25, 0.3) is 16.6 Å². The number of carbonyl (C=O) groups is 1.